The second kappa shape index (κ2) is 9.26. The molecule has 0 radical (unpaired) electrons. The van der Waals surface area contributed by atoms with Gasteiger partial charge in [0.05, 0.1) is 0 Å². The molecule has 2 heterocycles. The molecule has 0 aliphatic heterocycles. The Morgan fingerprint density at radius 2 is 1.30 bits per heavy atom. The fourth-order valence-electron chi connectivity index (χ4n) is 3.84. The van der Waals surface area contributed by atoms with Crippen LogP contribution in [-0.4, -0.2) is 53.2 Å². The molecule has 8 heteroatoms. The standard InChI is InChI=1S/C22H25N3O3S2/c26-30(27,28)29-14-13-25(11-9-17-15-23-21-7-3-1-5-19(17)21)12-10-18-16-24-22-8-4-2-6-20(18)22/h1-8,15-16,23-24H,9-14H2,(H,26,27,28). The van der Waals surface area contributed by atoms with E-state index in [-0.39, 0.29) is 0 Å². The van der Waals surface area contributed by atoms with Crippen LogP contribution >= 0.6 is 10.8 Å². The molecule has 0 amide bonds. The van der Waals surface area contributed by atoms with Crippen LogP contribution in [0, 0.1) is 0 Å². The molecule has 158 valence electrons. The maximum absolute atomic E-state index is 11.1. The Morgan fingerprint density at radius 3 is 1.80 bits per heavy atom. The van der Waals surface area contributed by atoms with Gasteiger partial charge in [-0.1, -0.05) is 36.4 Å². The highest BCUT2D eigenvalue weighted by Gasteiger charge is 2.12. The predicted octanol–water partition coefficient (Wildman–Crippen LogP) is 4.27. The number of para-hydroxylation sites is 2. The van der Waals surface area contributed by atoms with E-state index >= 15 is 0 Å². The van der Waals surface area contributed by atoms with Gasteiger partial charge in [-0.2, -0.15) is 8.42 Å². The van der Waals surface area contributed by atoms with E-state index in [0.717, 1.165) is 37.0 Å². The molecular weight excluding hydrogens is 418 g/mol. The highest BCUT2D eigenvalue weighted by Crippen LogP contribution is 2.20. The van der Waals surface area contributed by atoms with Gasteiger partial charge in [0.15, 0.2) is 0 Å². The number of hydrogen-bond acceptors (Lipinski definition) is 4. The van der Waals surface area contributed by atoms with E-state index in [1.165, 1.54) is 21.9 Å². The molecule has 4 rings (SSSR count). The Kier molecular flexibility index (Phi) is 6.48. The third kappa shape index (κ3) is 5.26. The second-order valence-corrected chi connectivity index (χ2v) is 10.8. The van der Waals surface area contributed by atoms with E-state index in [1.807, 2.05) is 24.3 Å². The molecule has 0 saturated heterocycles. The fourth-order valence-corrected chi connectivity index (χ4v) is 5.24. The van der Waals surface area contributed by atoms with Crippen LogP contribution < -0.4 is 0 Å². The molecule has 0 unspecified atom stereocenters. The van der Waals surface area contributed by atoms with Crippen LogP contribution in [0.1, 0.15) is 11.1 Å². The molecular formula is C22H25N3O3S2. The number of benzene rings is 2. The van der Waals surface area contributed by atoms with Crippen LogP contribution in [0.5, 0.6) is 0 Å². The Bertz CT molecular complexity index is 1150. The van der Waals surface area contributed by atoms with Crippen LogP contribution in [-0.2, 0) is 22.0 Å². The van der Waals surface area contributed by atoms with Gasteiger partial charge in [-0.15, -0.1) is 0 Å². The summed E-state index contributed by atoms with van der Waals surface area (Å²) >= 11 is 0. The van der Waals surface area contributed by atoms with Crippen molar-refractivity contribution < 1.29 is 13.0 Å². The van der Waals surface area contributed by atoms with Crippen LogP contribution in [0.15, 0.2) is 60.9 Å². The minimum absolute atomic E-state index is 0.334. The van der Waals surface area contributed by atoms with Gasteiger partial charge in [0.2, 0.25) is 0 Å². The van der Waals surface area contributed by atoms with Crippen molar-refractivity contribution in [3.8, 4) is 0 Å². The summed E-state index contributed by atoms with van der Waals surface area (Å²) in [6, 6.07) is 16.5. The summed E-state index contributed by atoms with van der Waals surface area (Å²) in [5.74, 6) is 0.334. The molecule has 0 saturated carbocycles. The number of nitrogens with zero attached hydrogens (tertiary/aromatic N) is 1. The highest BCUT2D eigenvalue weighted by atomic mass is 33.1. The van der Waals surface area contributed by atoms with Crippen LogP contribution in [0.2, 0.25) is 0 Å². The van der Waals surface area contributed by atoms with Gasteiger partial charge >= 0.3 is 9.15 Å². The zero-order chi connectivity index (χ0) is 21.0. The summed E-state index contributed by atoms with van der Waals surface area (Å²) in [6.45, 7) is 2.22. The Balaban J connectivity index is 1.43. The first-order valence-electron chi connectivity index (χ1n) is 9.94. The SMILES string of the molecule is O=S(=O)(O)SCCN(CCc1c[nH]c2ccccc12)CCc1c[nH]c2ccccc12. The van der Waals surface area contributed by atoms with Crippen molar-refractivity contribution >= 4 is 41.7 Å². The minimum Gasteiger partial charge on any atom is -0.361 e. The highest BCUT2D eigenvalue weighted by molar-refractivity contribution is 8.69. The largest absolute Gasteiger partial charge is 0.361 e. The number of aromatic amines is 2. The third-order valence-corrected chi connectivity index (χ3v) is 7.43. The first-order chi connectivity index (χ1) is 14.5. The number of nitrogens with one attached hydrogen (secondary N) is 2. The normalized spacial score (nSPS) is 12.3. The number of rotatable bonds is 10. The van der Waals surface area contributed by atoms with Crippen molar-refractivity contribution in [3.63, 3.8) is 0 Å². The first-order valence-corrected chi connectivity index (χ1v) is 12.9. The van der Waals surface area contributed by atoms with Gasteiger partial charge < -0.3 is 14.9 Å². The van der Waals surface area contributed by atoms with Crippen molar-refractivity contribution in [3.05, 3.63) is 72.1 Å². The average molecular weight is 444 g/mol. The van der Waals surface area contributed by atoms with E-state index in [0.29, 0.717) is 23.1 Å². The maximum Gasteiger partial charge on any atom is 0.319 e. The average Bonchev–Trinajstić information content (AvgIpc) is 3.33. The smallest absolute Gasteiger partial charge is 0.319 e. The minimum atomic E-state index is -4.01. The fraction of sp³-hybridized carbons (Fsp3) is 0.273. The predicted molar refractivity (Wildman–Crippen MR) is 124 cm³/mol. The van der Waals surface area contributed by atoms with Crippen LogP contribution in [0.3, 0.4) is 0 Å². The third-order valence-electron chi connectivity index (χ3n) is 5.38. The maximum atomic E-state index is 11.1. The van der Waals surface area contributed by atoms with Gasteiger partial charge in [0.1, 0.15) is 0 Å². The molecule has 2 aromatic carbocycles. The van der Waals surface area contributed by atoms with Gasteiger partial charge in [-0.05, 0) is 46.9 Å². The van der Waals surface area contributed by atoms with Gasteiger partial charge in [0, 0.05) is 59.6 Å². The Morgan fingerprint density at radius 1 is 0.800 bits per heavy atom. The van der Waals surface area contributed by atoms with Crippen molar-refractivity contribution in [1.29, 1.82) is 0 Å². The first kappa shape index (κ1) is 21.0. The molecule has 6 nitrogen and oxygen atoms in total. The van der Waals surface area contributed by atoms with Gasteiger partial charge in [-0.25, -0.2) is 0 Å². The molecule has 0 bridgehead atoms. The summed E-state index contributed by atoms with van der Waals surface area (Å²) < 4.78 is 31.2. The van der Waals surface area contributed by atoms with Gasteiger partial charge in [0.25, 0.3) is 0 Å². The molecule has 0 spiro atoms. The summed E-state index contributed by atoms with van der Waals surface area (Å²) in [6.07, 6.45) is 5.84. The molecule has 3 N–H and O–H groups in total. The van der Waals surface area contributed by atoms with Gasteiger partial charge in [-0.3, -0.25) is 4.55 Å². The topological polar surface area (TPSA) is 89.2 Å². The molecule has 30 heavy (non-hydrogen) atoms. The summed E-state index contributed by atoms with van der Waals surface area (Å²) in [7, 11) is -3.43. The van der Waals surface area contributed by atoms with E-state index in [9.17, 15) is 8.42 Å². The van der Waals surface area contributed by atoms with E-state index in [1.54, 1.807) is 0 Å². The number of aromatic nitrogens is 2. The van der Waals surface area contributed by atoms with Crippen molar-refractivity contribution in [2.75, 3.05) is 25.4 Å². The molecule has 4 aromatic rings. The van der Waals surface area contributed by atoms with E-state index in [4.69, 9.17) is 4.55 Å². The number of H-pyrrole nitrogens is 2. The zero-order valence-corrected chi connectivity index (χ0v) is 18.2. The van der Waals surface area contributed by atoms with E-state index in [2.05, 4.69) is 51.5 Å². The number of hydrogen-bond donors (Lipinski definition) is 3. The molecule has 0 fully saturated rings. The summed E-state index contributed by atoms with van der Waals surface area (Å²) in [4.78, 5) is 8.89. The second-order valence-electron chi connectivity index (χ2n) is 7.31. The molecule has 0 aliphatic carbocycles. The lowest BCUT2D eigenvalue weighted by Crippen LogP contribution is -2.31. The number of fused-ring (bicyclic) bond motifs is 2. The van der Waals surface area contributed by atoms with E-state index < -0.39 is 9.15 Å². The Hall–Kier alpha value is -2.26. The zero-order valence-electron chi connectivity index (χ0n) is 16.5. The van der Waals surface area contributed by atoms with Crippen molar-refractivity contribution in [2.45, 2.75) is 12.8 Å². The summed E-state index contributed by atoms with van der Waals surface area (Å²) in [5, 5.41) is 2.45. The quantitative estimate of drug-likeness (QED) is 0.252. The summed E-state index contributed by atoms with van der Waals surface area (Å²) in [5.41, 5.74) is 4.76. The van der Waals surface area contributed by atoms with Crippen LogP contribution in [0.4, 0.5) is 0 Å². The Labute approximate surface area is 179 Å². The lowest BCUT2D eigenvalue weighted by molar-refractivity contribution is 0.298. The monoisotopic (exact) mass is 443 g/mol. The lowest BCUT2D eigenvalue weighted by Gasteiger charge is -2.21. The lowest BCUT2D eigenvalue weighted by atomic mass is 10.1. The van der Waals surface area contributed by atoms with Crippen molar-refractivity contribution in [1.82, 2.24) is 14.9 Å². The molecule has 2 aromatic heterocycles. The van der Waals surface area contributed by atoms with Crippen molar-refractivity contribution in [2.24, 2.45) is 0 Å². The van der Waals surface area contributed by atoms with Crippen LogP contribution in [0.25, 0.3) is 21.8 Å². The molecule has 0 atom stereocenters. The molecule has 0 aliphatic rings.